The fourth-order valence-corrected chi connectivity index (χ4v) is 5.11. The van der Waals surface area contributed by atoms with Crippen molar-refractivity contribution >= 4 is 22.5 Å². The maximum atomic E-state index is 13.2. The first-order valence-corrected chi connectivity index (χ1v) is 12.1. The zero-order valence-electron chi connectivity index (χ0n) is 18.7. The highest BCUT2D eigenvalue weighted by Gasteiger charge is 2.29. The van der Waals surface area contributed by atoms with Crippen molar-refractivity contribution in [2.45, 2.75) is 39.2 Å². The van der Waals surface area contributed by atoms with E-state index in [0.717, 1.165) is 28.1 Å². The highest BCUT2D eigenvalue weighted by Crippen LogP contribution is 2.33. The monoisotopic (exact) mass is 453 g/mol. The molecule has 4 rings (SSSR count). The first-order chi connectivity index (χ1) is 15.4. The molecular weight excluding hydrogens is 426 g/mol. The number of fused-ring (bicyclic) bond motifs is 1. The van der Waals surface area contributed by atoms with Gasteiger partial charge in [-0.25, -0.2) is 4.68 Å². The Labute approximate surface area is 190 Å². The average molecular weight is 454 g/mol. The second-order valence-corrected chi connectivity index (χ2v) is 9.14. The lowest BCUT2D eigenvalue weighted by Crippen LogP contribution is -2.17. The molecule has 0 fully saturated rings. The summed E-state index contributed by atoms with van der Waals surface area (Å²) in [5, 5.41) is 7.72. The predicted molar refractivity (Wildman–Crippen MR) is 125 cm³/mol. The number of carbonyl (C=O) groups is 1. The normalized spacial score (nSPS) is 14.8. The van der Waals surface area contributed by atoms with E-state index >= 15 is 0 Å². The van der Waals surface area contributed by atoms with Gasteiger partial charge < -0.3 is 14.8 Å². The zero-order chi connectivity index (χ0) is 22.8. The van der Waals surface area contributed by atoms with Crippen LogP contribution >= 0.6 is 0 Å². The number of nitrogens with zero attached hydrogens (tertiary/aromatic N) is 2. The Morgan fingerprint density at radius 1 is 1.06 bits per heavy atom. The maximum Gasteiger partial charge on any atom is 0.256 e. The molecule has 1 aromatic heterocycles. The van der Waals surface area contributed by atoms with Gasteiger partial charge in [-0.15, -0.1) is 0 Å². The molecule has 0 bridgehead atoms. The fourth-order valence-electron chi connectivity index (χ4n) is 3.85. The van der Waals surface area contributed by atoms with Gasteiger partial charge in [-0.3, -0.25) is 9.00 Å². The lowest BCUT2D eigenvalue weighted by molar-refractivity contribution is 0.102. The Balaban J connectivity index is 1.72. The number of benzene rings is 2. The van der Waals surface area contributed by atoms with Crippen molar-refractivity contribution in [2.24, 2.45) is 0 Å². The molecule has 8 heteroatoms. The second kappa shape index (κ2) is 9.16. The van der Waals surface area contributed by atoms with Crippen LogP contribution in [0.4, 0.5) is 5.82 Å². The van der Waals surface area contributed by atoms with Gasteiger partial charge in [0.15, 0.2) is 11.5 Å². The Kier molecular flexibility index (Phi) is 6.32. The second-order valence-electron chi connectivity index (χ2n) is 7.69. The van der Waals surface area contributed by atoms with Crippen molar-refractivity contribution in [1.29, 1.82) is 0 Å². The van der Waals surface area contributed by atoms with Crippen LogP contribution in [-0.2, 0) is 22.3 Å². The van der Waals surface area contributed by atoms with Crippen LogP contribution < -0.4 is 14.8 Å². The van der Waals surface area contributed by atoms with E-state index in [1.54, 1.807) is 22.9 Å². The highest BCUT2D eigenvalue weighted by atomic mass is 32.2. The molecule has 2 aromatic carbocycles. The number of aromatic nitrogens is 2. The van der Waals surface area contributed by atoms with Gasteiger partial charge in [-0.05, 0) is 57.5 Å². The number of hydrogen-bond donors (Lipinski definition) is 1. The van der Waals surface area contributed by atoms with Crippen LogP contribution in [0.15, 0.2) is 36.4 Å². The van der Waals surface area contributed by atoms with E-state index < -0.39 is 10.8 Å². The number of hydrogen-bond acceptors (Lipinski definition) is 5. The molecule has 0 radical (unpaired) electrons. The molecule has 0 spiro atoms. The summed E-state index contributed by atoms with van der Waals surface area (Å²) in [6.45, 7) is 8.80. The summed E-state index contributed by atoms with van der Waals surface area (Å²) < 4.78 is 25.2. The lowest BCUT2D eigenvalue weighted by atomic mass is 10.1. The maximum absolute atomic E-state index is 13.2. The summed E-state index contributed by atoms with van der Waals surface area (Å²) in [4.78, 5) is 13.2. The average Bonchev–Trinajstić information content (AvgIpc) is 3.26. The standard InChI is InChI=1S/C24H27N3O4S/c1-5-30-21-10-8-17(12-22(21)31-6-2)24(28)25-23-18-13-32(29)14-19(18)26-27(23)20-9-7-15(3)11-16(20)4/h7-12H,5-6,13-14H2,1-4H3,(H,25,28)/t32-/m1/s1. The molecular formula is C24H27N3O4S. The van der Waals surface area contributed by atoms with Crippen LogP contribution in [0.5, 0.6) is 11.5 Å². The van der Waals surface area contributed by atoms with Crippen LogP contribution in [0.2, 0.25) is 0 Å². The molecule has 0 saturated heterocycles. The summed E-state index contributed by atoms with van der Waals surface area (Å²) in [6.07, 6.45) is 0. The summed E-state index contributed by atoms with van der Waals surface area (Å²) in [5.74, 6) is 2.17. The molecule has 1 aliphatic heterocycles. The van der Waals surface area contributed by atoms with Gasteiger partial charge in [0.05, 0.1) is 36.1 Å². The van der Waals surface area contributed by atoms with E-state index in [-0.39, 0.29) is 5.91 Å². The number of nitrogens with one attached hydrogen (secondary N) is 1. The number of anilines is 1. The SMILES string of the molecule is CCOc1ccc(C(=O)Nc2c3c(nn2-c2ccc(C)cc2C)C[S@](=O)C3)cc1OCC. The van der Waals surface area contributed by atoms with Crippen molar-refractivity contribution in [3.8, 4) is 17.2 Å². The number of rotatable bonds is 7. The molecule has 1 amide bonds. The first kappa shape index (κ1) is 22.1. The van der Waals surface area contributed by atoms with Gasteiger partial charge in [0.2, 0.25) is 0 Å². The van der Waals surface area contributed by atoms with Crippen LogP contribution in [-0.4, -0.2) is 33.1 Å². The Morgan fingerprint density at radius 3 is 2.53 bits per heavy atom. The van der Waals surface area contributed by atoms with Crippen molar-refractivity contribution < 1.29 is 18.5 Å². The largest absolute Gasteiger partial charge is 0.490 e. The minimum atomic E-state index is -1.01. The minimum absolute atomic E-state index is 0.291. The minimum Gasteiger partial charge on any atom is -0.490 e. The highest BCUT2D eigenvalue weighted by molar-refractivity contribution is 7.83. The van der Waals surface area contributed by atoms with Gasteiger partial charge in [0.1, 0.15) is 5.82 Å². The molecule has 2 heterocycles. The number of ether oxygens (including phenoxy) is 2. The topological polar surface area (TPSA) is 82.5 Å². The van der Waals surface area contributed by atoms with Crippen LogP contribution in [0.1, 0.15) is 46.6 Å². The van der Waals surface area contributed by atoms with E-state index in [9.17, 15) is 9.00 Å². The van der Waals surface area contributed by atoms with Gasteiger partial charge >= 0.3 is 0 Å². The summed E-state index contributed by atoms with van der Waals surface area (Å²) >= 11 is 0. The molecule has 1 N–H and O–H groups in total. The third-order valence-electron chi connectivity index (χ3n) is 5.29. The van der Waals surface area contributed by atoms with E-state index in [2.05, 4.69) is 11.4 Å². The molecule has 7 nitrogen and oxygen atoms in total. The molecule has 1 atom stereocenters. The summed E-state index contributed by atoms with van der Waals surface area (Å²) in [6, 6.07) is 11.2. The third-order valence-corrected chi connectivity index (χ3v) is 6.49. The predicted octanol–water partition coefficient (Wildman–Crippen LogP) is 4.30. The Bertz CT molecular complexity index is 1200. The number of aryl methyl sites for hydroxylation is 2. The van der Waals surface area contributed by atoms with Crippen LogP contribution in [0.25, 0.3) is 5.69 Å². The molecule has 0 unspecified atom stereocenters. The molecule has 3 aromatic rings. The summed E-state index contributed by atoms with van der Waals surface area (Å²) in [7, 11) is -1.01. The van der Waals surface area contributed by atoms with Crippen LogP contribution in [0.3, 0.4) is 0 Å². The van der Waals surface area contributed by atoms with E-state index in [1.807, 2.05) is 39.8 Å². The van der Waals surface area contributed by atoms with Crippen LogP contribution in [0, 0.1) is 13.8 Å². The quantitative estimate of drug-likeness (QED) is 0.577. The number of carbonyl (C=O) groups excluding carboxylic acids is 1. The van der Waals surface area contributed by atoms with Gasteiger partial charge in [-0.1, -0.05) is 17.7 Å². The van der Waals surface area contributed by atoms with Crippen molar-refractivity contribution in [3.63, 3.8) is 0 Å². The first-order valence-electron chi connectivity index (χ1n) is 10.7. The van der Waals surface area contributed by atoms with Gasteiger partial charge in [0.25, 0.3) is 5.91 Å². The van der Waals surface area contributed by atoms with Crippen molar-refractivity contribution in [1.82, 2.24) is 9.78 Å². The van der Waals surface area contributed by atoms with Crippen molar-refractivity contribution in [2.75, 3.05) is 18.5 Å². The zero-order valence-corrected chi connectivity index (χ0v) is 19.5. The third kappa shape index (κ3) is 4.27. The van der Waals surface area contributed by atoms with E-state index in [1.165, 1.54) is 0 Å². The molecule has 0 saturated carbocycles. The molecule has 1 aliphatic rings. The van der Waals surface area contributed by atoms with Crippen molar-refractivity contribution in [3.05, 3.63) is 64.3 Å². The van der Waals surface area contributed by atoms with E-state index in [4.69, 9.17) is 14.6 Å². The lowest BCUT2D eigenvalue weighted by Gasteiger charge is -2.15. The summed E-state index contributed by atoms with van der Waals surface area (Å²) in [5.41, 5.74) is 5.11. The Morgan fingerprint density at radius 2 is 1.81 bits per heavy atom. The van der Waals surface area contributed by atoms with Gasteiger partial charge in [-0.2, -0.15) is 5.10 Å². The Hall–Kier alpha value is -3.13. The van der Waals surface area contributed by atoms with Gasteiger partial charge in [0, 0.05) is 21.9 Å². The molecule has 32 heavy (non-hydrogen) atoms. The number of amides is 1. The molecule has 168 valence electrons. The smallest absolute Gasteiger partial charge is 0.256 e. The molecule has 0 aliphatic carbocycles. The van der Waals surface area contributed by atoms with E-state index in [0.29, 0.717) is 47.6 Å². The fraction of sp³-hybridized carbons (Fsp3) is 0.333.